The molecule has 27 heavy (non-hydrogen) atoms. The van der Waals surface area contributed by atoms with E-state index in [1.165, 1.54) is 0 Å². The minimum absolute atomic E-state index is 0.0720. The summed E-state index contributed by atoms with van der Waals surface area (Å²) in [5.41, 5.74) is 2.59. The fraction of sp³-hybridized carbons (Fsp3) is 0.364. The number of piperazine rings is 1. The summed E-state index contributed by atoms with van der Waals surface area (Å²) in [5, 5.41) is 0. The molecule has 0 radical (unpaired) electrons. The van der Waals surface area contributed by atoms with Crippen LogP contribution in [0.5, 0.6) is 5.75 Å². The van der Waals surface area contributed by atoms with Gasteiger partial charge in [0.15, 0.2) is 0 Å². The van der Waals surface area contributed by atoms with Crippen LogP contribution in [0.1, 0.15) is 30.1 Å². The van der Waals surface area contributed by atoms with E-state index in [-0.39, 0.29) is 17.9 Å². The number of fused-ring (bicyclic) bond motifs is 1. The second-order valence-corrected chi connectivity index (χ2v) is 7.24. The van der Waals surface area contributed by atoms with Gasteiger partial charge >= 0.3 is 0 Å². The fourth-order valence-electron chi connectivity index (χ4n) is 4.17. The van der Waals surface area contributed by atoms with Crippen LogP contribution >= 0.6 is 0 Å². The lowest BCUT2D eigenvalue weighted by molar-refractivity contribution is -0.141. The van der Waals surface area contributed by atoms with E-state index in [0.717, 1.165) is 36.3 Å². The van der Waals surface area contributed by atoms with Gasteiger partial charge < -0.3 is 14.5 Å². The number of ether oxygens (including phenoxy) is 1. The van der Waals surface area contributed by atoms with Crippen LogP contribution in [0, 0.1) is 0 Å². The quantitative estimate of drug-likeness (QED) is 0.840. The third-order valence-electron chi connectivity index (χ3n) is 5.70. The Bertz CT molecular complexity index is 862. The van der Waals surface area contributed by atoms with Gasteiger partial charge in [0.05, 0.1) is 7.11 Å². The van der Waals surface area contributed by atoms with Crippen molar-refractivity contribution in [3.8, 4) is 16.9 Å². The summed E-state index contributed by atoms with van der Waals surface area (Å²) >= 11 is 0. The summed E-state index contributed by atoms with van der Waals surface area (Å²) in [4.78, 5) is 29.3. The molecule has 0 N–H and O–H groups in total. The van der Waals surface area contributed by atoms with Crippen LogP contribution in [0.2, 0.25) is 0 Å². The molecule has 0 aromatic heterocycles. The molecule has 2 saturated heterocycles. The van der Waals surface area contributed by atoms with Gasteiger partial charge in [-0.2, -0.15) is 0 Å². The van der Waals surface area contributed by atoms with Gasteiger partial charge in [0.25, 0.3) is 5.91 Å². The Kier molecular flexibility index (Phi) is 4.60. The van der Waals surface area contributed by atoms with Gasteiger partial charge in [-0.05, 0) is 43.5 Å². The first-order valence-corrected chi connectivity index (χ1v) is 9.45. The first kappa shape index (κ1) is 17.6. The lowest BCUT2D eigenvalue weighted by atomic mass is 10.0. The van der Waals surface area contributed by atoms with Crippen LogP contribution in [0.15, 0.2) is 48.5 Å². The summed E-state index contributed by atoms with van der Waals surface area (Å²) in [6.45, 7) is 3.28. The van der Waals surface area contributed by atoms with E-state index < -0.39 is 6.04 Å². The van der Waals surface area contributed by atoms with E-state index in [0.29, 0.717) is 12.1 Å². The second kappa shape index (κ2) is 7.06. The molecular weight excluding hydrogens is 340 g/mol. The van der Waals surface area contributed by atoms with Crippen LogP contribution in [0.4, 0.5) is 0 Å². The lowest BCUT2D eigenvalue weighted by Gasteiger charge is -2.41. The predicted octanol–water partition coefficient (Wildman–Crippen LogP) is 3.20. The number of benzene rings is 2. The summed E-state index contributed by atoms with van der Waals surface area (Å²) in [6.07, 6.45) is 2.01. The smallest absolute Gasteiger partial charge is 0.254 e. The normalized spacial score (nSPS) is 21.9. The van der Waals surface area contributed by atoms with Crippen LogP contribution in [0.25, 0.3) is 11.1 Å². The van der Waals surface area contributed by atoms with E-state index in [2.05, 4.69) is 0 Å². The Morgan fingerprint density at radius 1 is 1.11 bits per heavy atom. The van der Waals surface area contributed by atoms with E-state index in [9.17, 15) is 9.59 Å². The standard InChI is InChI=1S/C22H24N2O3/c1-15-21(25)23-13-5-6-18(23)14-24(15)22(26)17-11-9-16(10-12-17)19-7-3-4-8-20(19)27-2/h3-4,7-12,15,18H,5-6,13-14H2,1-2H3/t15-,18-/m1/s1. The maximum absolute atomic E-state index is 13.0. The molecule has 0 spiro atoms. The van der Waals surface area contributed by atoms with Crippen molar-refractivity contribution in [2.45, 2.75) is 31.8 Å². The molecule has 2 atom stereocenters. The van der Waals surface area contributed by atoms with Crippen molar-refractivity contribution in [1.29, 1.82) is 0 Å². The Balaban J connectivity index is 1.57. The molecular formula is C22H24N2O3. The number of hydrogen-bond donors (Lipinski definition) is 0. The maximum atomic E-state index is 13.0. The Hall–Kier alpha value is -2.82. The largest absolute Gasteiger partial charge is 0.496 e. The van der Waals surface area contributed by atoms with Crippen molar-refractivity contribution in [2.24, 2.45) is 0 Å². The molecule has 0 aliphatic carbocycles. The molecule has 5 heteroatoms. The second-order valence-electron chi connectivity index (χ2n) is 7.24. The first-order valence-electron chi connectivity index (χ1n) is 9.45. The molecule has 2 fully saturated rings. The highest BCUT2D eigenvalue weighted by Gasteiger charge is 2.42. The Labute approximate surface area is 159 Å². The molecule has 4 rings (SSSR count). The molecule has 140 valence electrons. The maximum Gasteiger partial charge on any atom is 0.254 e. The molecule has 0 unspecified atom stereocenters. The van der Waals surface area contributed by atoms with Gasteiger partial charge in [0, 0.05) is 30.3 Å². The summed E-state index contributed by atoms with van der Waals surface area (Å²) in [5.74, 6) is 0.796. The lowest BCUT2D eigenvalue weighted by Crippen LogP contribution is -2.60. The van der Waals surface area contributed by atoms with Crippen LogP contribution in [-0.2, 0) is 4.79 Å². The van der Waals surface area contributed by atoms with Gasteiger partial charge in [0.2, 0.25) is 5.91 Å². The molecule has 2 amide bonds. The molecule has 5 nitrogen and oxygen atoms in total. The van der Waals surface area contributed by atoms with Crippen molar-refractivity contribution >= 4 is 11.8 Å². The van der Waals surface area contributed by atoms with Crippen molar-refractivity contribution in [3.05, 3.63) is 54.1 Å². The number of rotatable bonds is 3. The van der Waals surface area contributed by atoms with Gasteiger partial charge in [-0.15, -0.1) is 0 Å². The van der Waals surface area contributed by atoms with Crippen molar-refractivity contribution < 1.29 is 14.3 Å². The zero-order valence-corrected chi connectivity index (χ0v) is 15.7. The highest BCUT2D eigenvalue weighted by Crippen LogP contribution is 2.30. The van der Waals surface area contributed by atoms with E-state index in [1.54, 1.807) is 12.0 Å². The molecule has 2 aliphatic heterocycles. The van der Waals surface area contributed by atoms with E-state index in [4.69, 9.17) is 4.74 Å². The van der Waals surface area contributed by atoms with Gasteiger partial charge in [0.1, 0.15) is 11.8 Å². The van der Waals surface area contributed by atoms with Gasteiger partial charge in [-0.3, -0.25) is 9.59 Å². The third kappa shape index (κ3) is 3.07. The van der Waals surface area contributed by atoms with Crippen LogP contribution < -0.4 is 4.74 Å². The average molecular weight is 364 g/mol. The minimum atomic E-state index is -0.402. The third-order valence-corrected chi connectivity index (χ3v) is 5.70. The van der Waals surface area contributed by atoms with E-state index >= 15 is 0 Å². The summed E-state index contributed by atoms with van der Waals surface area (Å²) in [7, 11) is 1.65. The topological polar surface area (TPSA) is 49.9 Å². The molecule has 2 aromatic carbocycles. The van der Waals surface area contributed by atoms with Crippen LogP contribution in [0.3, 0.4) is 0 Å². The highest BCUT2D eigenvalue weighted by atomic mass is 16.5. The van der Waals surface area contributed by atoms with Crippen LogP contribution in [-0.4, -0.2) is 53.9 Å². The SMILES string of the molecule is COc1ccccc1-c1ccc(C(=O)N2C[C@H]3CCCN3C(=O)[C@H]2C)cc1. The molecule has 2 aromatic rings. The number of amides is 2. The van der Waals surface area contributed by atoms with E-state index in [1.807, 2.05) is 60.4 Å². The molecule has 0 bridgehead atoms. The molecule has 2 heterocycles. The number of para-hydroxylation sites is 1. The number of nitrogens with zero attached hydrogens (tertiary/aromatic N) is 2. The highest BCUT2D eigenvalue weighted by molar-refractivity contribution is 5.98. The number of hydrogen-bond acceptors (Lipinski definition) is 3. The van der Waals surface area contributed by atoms with Crippen molar-refractivity contribution in [3.63, 3.8) is 0 Å². The Morgan fingerprint density at radius 3 is 2.59 bits per heavy atom. The van der Waals surface area contributed by atoms with Crippen molar-refractivity contribution in [1.82, 2.24) is 9.80 Å². The predicted molar refractivity (Wildman–Crippen MR) is 104 cm³/mol. The number of carbonyl (C=O) groups is 2. The van der Waals surface area contributed by atoms with Crippen molar-refractivity contribution in [2.75, 3.05) is 20.2 Å². The molecule has 2 aliphatic rings. The average Bonchev–Trinajstić information content (AvgIpc) is 3.19. The first-order chi connectivity index (χ1) is 13.1. The fourth-order valence-corrected chi connectivity index (χ4v) is 4.17. The van der Waals surface area contributed by atoms with Gasteiger partial charge in [-0.1, -0.05) is 30.3 Å². The monoisotopic (exact) mass is 364 g/mol. The minimum Gasteiger partial charge on any atom is -0.496 e. The number of carbonyl (C=O) groups excluding carboxylic acids is 2. The summed E-state index contributed by atoms with van der Waals surface area (Å²) in [6, 6.07) is 15.1. The Morgan fingerprint density at radius 2 is 1.85 bits per heavy atom. The van der Waals surface area contributed by atoms with Gasteiger partial charge in [-0.25, -0.2) is 0 Å². The molecule has 0 saturated carbocycles. The number of methoxy groups -OCH3 is 1. The summed E-state index contributed by atoms with van der Waals surface area (Å²) < 4.78 is 5.42. The zero-order valence-electron chi connectivity index (χ0n) is 15.7. The zero-order chi connectivity index (χ0) is 19.0.